The first kappa shape index (κ1) is 15.8. The van der Waals surface area contributed by atoms with Gasteiger partial charge in [0, 0.05) is 23.5 Å². The summed E-state index contributed by atoms with van der Waals surface area (Å²) in [7, 11) is 0. The zero-order valence-electron chi connectivity index (χ0n) is 13.3. The van der Waals surface area contributed by atoms with E-state index in [0.717, 1.165) is 34.9 Å². The number of benzene rings is 1. The van der Waals surface area contributed by atoms with Crippen LogP contribution in [0.1, 0.15) is 31.1 Å². The number of aromatic nitrogens is 1. The molecular formula is C18H20N2O2S. The number of nitrogens with zero attached hydrogens (tertiary/aromatic N) is 2. The van der Waals surface area contributed by atoms with Crippen molar-refractivity contribution in [1.29, 1.82) is 0 Å². The third-order valence-electron chi connectivity index (χ3n) is 3.99. The second kappa shape index (κ2) is 6.98. The average Bonchev–Trinajstić information content (AvgIpc) is 3.23. The molecule has 0 spiro atoms. The average molecular weight is 328 g/mol. The molecule has 0 aliphatic heterocycles. The first-order chi connectivity index (χ1) is 11.2. The number of phenols is 1. The first-order valence-electron chi connectivity index (χ1n) is 7.67. The summed E-state index contributed by atoms with van der Waals surface area (Å²) in [5.74, 6) is 0.307. The van der Waals surface area contributed by atoms with E-state index in [2.05, 4.69) is 24.1 Å². The molecular weight excluding hydrogens is 308 g/mol. The van der Waals surface area contributed by atoms with E-state index >= 15 is 0 Å². The topological polar surface area (TPSA) is 49.5 Å². The fourth-order valence-corrected chi connectivity index (χ4v) is 3.42. The minimum Gasteiger partial charge on any atom is -0.508 e. The van der Waals surface area contributed by atoms with Gasteiger partial charge in [-0.1, -0.05) is 19.1 Å². The van der Waals surface area contributed by atoms with Crippen molar-refractivity contribution in [3.8, 4) is 16.3 Å². The lowest BCUT2D eigenvalue weighted by Crippen LogP contribution is -2.26. The van der Waals surface area contributed by atoms with Crippen molar-refractivity contribution in [1.82, 2.24) is 9.88 Å². The largest absolute Gasteiger partial charge is 0.508 e. The van der Waals surface area contributed by atoms with Gasteiger partial charge in [0.25, 0.3) is 0 Å². The first-order valence-corrected chi connectivity index (χ1v) is 8.55. The molecule has 1 N–H and O–H groups in total. The number of hydrogen-bond donors (Lipinski definition) is 1. The fourth-order valence-electron chi connectivity index (χ4n) is 2.62. The van der Waals surface area contributed by atoms with Gasteiger partial charge in [-0.3, -0.25) is 4.90 Å². The van der Waals surface area contributed by atoms with Crippen LogP contribution in [-0.2, 0) is 6.54 Å². The van der Waals surface area contributed by atoms with Crippen LogP contribution >= 0.6 is 11.3 Å². The van der Waals surface area contributed by atoms with Gasteiger partial charge in [0.05, 0.1) is 12.0 Å². The predicted octanol–water partition coefficient (Wildman–Crippen LogP) is 4.69. The Morgan fingerprint density at radius 3 is 2.91 bits per heavy atom. The monoisotopic (exact) mass is 328 g/mol. The van der Waals surface area contributed by atoms with E-state index in [1.165, 1.54) is 0 Å². The van der Waals surface area contributed by atoms with E-state index in [1.807, 2.05) is 24.3 Å². The van der Waals surface area contributed by atoms with E-state index < -0.39 is 0 Å². The van der Waals surface area contributed by atoms with E-state index in [1.54, 1.807) is 29.9 Å². The zero-order chi connectivity index (χ0) is 16.2. The van der Waals surface area contributed by atoms with Gasteiger partial charge in [0.15, 0.2) is 0 Å². The van der Waals surface area contributed by atoms with Crippen molar-refractivity contribution >= 4 is 11.3 Å². The van der Waals surface area contributed by atoms with Crippen LogP contribution in [-0.4, -0.2) is 21.5 Å². The molecule has 1 aromatic carbocycles. The van der Waals surface area contributed by atoms with Crippen LogP contribution < -0.4 is 0 Å². The van der Waals surface area contributed by atoms with Crippen LogP contribution in [0, 0.1) is 0 Å². The summed E-state index contributed by atoms with van der Waals surface area (Å²) in [6, 6.07) is 9.59. The number of rotatable bonds is 6. The van der Waals surface area contributed by atoms with Crippen molar-refractivity contribution < 1.29 is 9.52 Å². The van der Waals surface area contributed by atoms with Crippen LogP contribution in [0.4, 0.5) is 0 Å². The number of furan rings is 1. The van der Waals surface area contributed by atoms with Gasteiger partial charge in [0.2, 0.25) is 0 Å². The van der Waals surface area contributed by atoms with E-state index in [0.29, 0.717) is 5.75 Å². The molecule has 3 rings (SSSR count). The van der Waals surface area contributed by atoms with Crippen LogP contribution in [0.2, 0.25) is 0 Å². The van der Waals surface area contributed by atoms with Gasteiger partial charge < -0.3 is 9.52 Å². The molecule has 120 valence electrons. The highest BCUT2D eigenvalue weighted by atomic mass is 32.1. The molecule has 0 aliphatic rings. The molecule has 5 heteroatoms. The van der Waals surface area contributed by atoms with Crippen LogP contribution in [0.5, 0.6) is 5.75 Å². The summed E-state index contributed by atoms with van der Waals surface area (Å²) in [5.41, 5.74) is 3.18. The molecule has 2 heterocycles. The molecule has 2 aromatic heterocycles. The third kappa shape index (κ3) is 3.63. The molecule has 4 nitrogen and oxygen atoms in total. The van der Waals surface area contributed by atoms with Gasteiger partial charge in [-0.05, 0) is 37.2 Å². The summed E-state index contributed by atoms with van der Waals surface area (Å²) in [4.78, 5) is 7.04. The third-order valence-corrected chi connectivity index (χ3v) is 4.93. The number of thiazole rings is 1. The molecule has 3 aromatic rings. The maximum Gasteiger partial charge on any atom is 0.126 e. The minimum atomic E-state index is 0.214. The van der Waals surface area contributed by atoms with Crippen molar-refractivity contribution in [3.63, 3.8) is 0 Å². The smallest absolute Gasteiger partial charge is 0.126 e. The Hall–Kier alpha value is -2.11. The predicted molar refractivity (Wildman–Crippen MR) is 92.4 cm³/mol. The highest BCUT2D eigenvalue weighted by molar-refractivity contribution is 7.13. The van der Waals surface area contributed by atoms with E-state index in [9.17, 15) is 5.11 Å². The molecule has 0 aliphatic carbocycles. The quantitative estimate of drug-likeness (QED) is 0.713. The second-order valence-electron chi connectivity index (χ2n) is 5.49. The van der Waals surface area contributed by atoms with Crippen molar-refractivity contribution in [3.05, 3.63) is 59.5 Å². The van der Waals surface area contributed by atoms with Crippen LogP contribution in [0.15, 0.2) is 52.7 Å². The van der Waals surface area contributed by atoms with Crippen LogP contribution in [0.3, 0.4) is 0 Å². The van der Waals surface area contributed by atoms with Gasteiger partial charge in [-0.2, -0.15) is 0 Å². The Morgan fingerprint density at radius 2 is 2.22 bits per heavy atom. The maximum atomic E-state index is 9.68. The minimum absolute atomic E-state index is 0.214. The lowest BCUT2D eigenvalue weighted by molar-refractivity contribution is 0.210. The van der Waals surface area contributed by atoms with Gasteiger partial charge >= 0.3 is 0 Å². The summed E-state index contributed by atoms with van der Waals surface area (Å²) in [6.45, 7) is 5.99. The SMILES string of the molecule is CCN(Cc1csc(-c2ccoc2)n1)C(C)c1cccc(O)c1. The summed E-state index contributed by atoms with van der Waals surface area (Å²) < 4.78 is 5.12. The Morgan fingerprint density at radius 1 is 1.35 bits per heavy atom. The summed E-state index contributed by atoms with van der Waals surface area (Å²) >= 11 is 1.63. The molecule has 0 bridgehead atoms. The molecule has 0 amide bonds. The highest BCUT2D eigenvalue weighted by Crippen LogP contribution is 2.27. The lowest BCUT2D eigenvalue weighted by atomic mass is 10.1. The molecule has 1 unspecified atom stereocenters. The van der Waals surface area contributed by atoms with Crippen molar-refractivity contribution in [2.24, 2.45) is 0 Å². The molecule has 0 saturated heterocycles. The van der Waals surface area contributed by atoms with E-state index in [-0.39, 0.29) is 6.04 Å². The highest BCUT2D eigenvalue weighted by Gasteiger charge is 2.16. The van der Waals surface area contributed by atoms with Crippen molar-refractivity contribution in [2.45, 2.75) is 26.4 Å². The zero-order valence-corrected chi connectivity index (χ0v) is 14.1. The van der Waals surface area contributed by atoms with Crippen molar-refractivity contribution in [2.75, 3.05) is 6.54 Å². The standard InChI is InChI=1S/C18H20N2O2S/c1-3-20(13(2)14-5-4-6-17(21)9-14)10-16-12-23-18(19-16)15-7-8-22-11-15/h4-9,11-13,21H,3,10H2,1-2H3. The second-order valence-corrected chi connectivity index (χ2v) is 6.35. The maximum absolute atomic E-state index is 9.68. The normalized spacial score (nSPS) is 12.7. The summed E-state index contributed by atoms with van der Waals surface area (Å²) in [6.07, 6.45) is 3.38. The van der Waals surface area contributed by atoms with E-state index in [4.69, 9.17) is 9.40 Å². The molecule has 0 radical (unpaired) electrons. The van der Waals surface area contributed by atoms with Gasteiger partial charge in [-0.15, -0.1) is 11.3 Å². The fraction of sp³-hybridized carbons (Fsp3) is 0.278. The number of aromatic hydroxyl groups is 1. The van der Waals surface area contributed by atoms with Gasteiger partial charge in [0.1, 0.15) is 17.0 Å². The molecule has 0 saturated carbocycles. The number of phenolic OH excluding ortho intramolecular Hbond substituents is 1. The van der Waals surface area contributed by atoms with Crippen LogP contribution in [0.25, 0.3) is 10.6 Å². The van der Waals surface area contributed by atoms with Gasteiger partial charge in [-0.25, -0.2) is 4.98 Å². The Balaban J connectivity index is 1.74. The molecule has 23 heavy (non-hydrogen) atoms. The lowest BCUT2D eigenvalue weighted by Gasteiger charge is -2.27. The molecule has 1 atom stereocenters. The Labute approximate surface area is 140 Å². The Bertz CT molecular complexity index is 752. The summed E-state index contributed by atoms with van der Waals surface area (Å²) in [5, 5.41) is 12.8. The molecule has 0 fully saturated rings. The Kier molecular flexibility index (Phi) is 4.79. The number of hydrogen-bond acceptors (Lipinski definition) is 5.